The van der Waals surface area contributed by atoms with Crippen LogP contribution < -0.4 is 0 Å². The van der Waals surface area contributed by atoms with Crippen LogP contribution in [0.25, 0.3) is 0 Å². The van der Waals surface area contributed by atoms with Crippen LogP contribution in [0, 0.1) is 5.92 Å². The first-order valence-corrected chi connectivity index (χ1v) is 8.38. The van der Waals surface area contributed by atoms with Crippen molar-refractivity contribution in [2.75, 3.05) is 26.4 Å². The van der Waals surface area contributed by atoms with E-state index < -0.39 is 0 Å². The van der Waals surface area contributed by atoms with Crippen molar-refractivity contribution in [1.29, 1.82) is 0 Å². The summed E-state index contributed by atoms with van der Waals surface area (Å²) in [6.07, 6.45) is -0.239. The summed E-state index contributed by atoms with van der Waals surface area (Å²) in [6.45, 7) is 3.55. The van der Waals surface area contributed by atoms with Crippen molar-refractivity contribution in [3.05, 3.63) is 71.8 Å². The predicted octanol–water partition coefficient (Wildman–Crippen LogP) is 3.41. The zero-order chi connectivity index (χ0) is 16.5. The van der Waals surface area contributed by atoms with Crippen molar-refractivity contribution in [3.63, 3.8) is 0 Å². The van der Waals surface area contributed by atoms with Crippen molar-refractivity contribution in [2.45, 2.75) is 19.5 Å². The van der Waals surface area contributed by atoms with E-state index in [1.165, 1.54) is 0 Å². The summed E-state index contributed by atoms with van der Waals surface area (Å²) in [7, 11) is 0. The van der Waals surface area contributed by atoms with Gasteiger partial charge in [-0.15, -0.1) is 0 Å². The summed E-state index contributed by atoms with van der Waals surface area (Å²) in [6, 6.07) is 20.3. The Bertz CT molecular complexity index is 521. The minimum Gasteiger partial charge on any atom is -0.376 e. The summed E-state index contributed by atoms with van der Waals surface area (Å²) in [5, 5.41) is 0. The van der Waals surface area contributed by atoms with E-state index in [9.17, 15) is 0 Å². The van der Waals surface area contributed by atoms with Crippen LogP contribution in [-0.4, -0.2) is 32.7 Å². The van der Waals surface area contributed by atoms with Gasteiger partial charge in [0.2, 0.25) is 0 Å². The van der Waals surface area contributed by atoms with E-state index in [1.807, 2.05) is 36.4 Å². The van der Waals surface area contributed by atoms with Gasteiger partial charge in [-0.25, -0.2) is 0 Å². The summed E-state index contributed by atoms with van der Waals surface area (Å²) in [4.78, 5) is 0. The van der Waals surface area contributed by atoms with E-state index in [4.69, 9.17) is 18.9 Å². The first-order valence-electron chi connectivity index (χ1n) is 8.38. The molecule has 0 N–H and O–H groups in total. The van der Waals surface area contributed by atoms with E-state index in [0.29, 0.717) is 39.6 Å². The lowest BCUT2D eigenvalue weighted by atomic mass is 10.1. The van der Waals surface area contributed by atoms with Crippen LogP contribution in [0.5, 0.6) is 0 Å². The van der Waals surface area contributed by atoms with E-state index in [0.717, 1.165) is 11.1 Å². The maximum Gasteiger partial charge on any atom is 0.165 e. The van der Waals surface area contributed by atoms with Crippen LogP contribution in [0.15, 0.2) is 60.7 Å². The van der Waals surface area contributed by atoms with E-state index >= 15 is 0 Å². The molecular formula is C20H24O4. The minimum atomic E-state index is -0.239. The first-order chi connectivity index (χ1) is 11.9. The average molecular weight is 328 g/mol. The SMILES string of the molecule is c1ccc(COCC(COCc2ccccc2)C2OCCO2)cc1. The van der Waals surface area contributed by atoms with Crippen molar-refractivity contribution >= 4 is 0 Å². The van der Waals surface area contributed by atoms with Gasteiger partial charge in [0, 0.05) is 0 Å². The molecule has 0 amide bonds. The van der Waals surface area contributed by atoms with Crippen LogP contribution >= 0.6 is 0 Å². The molecule has 1 aliphatic rings. The van der Waals surface area contributed by atoms with Crippen molar-refractivity contribution in [2.24, 2.45) is 5.92 Å². The third-order valence-corrected chi connectivity index (χ3v) is 3.92. The fraction of sp³-hybridized carbons (Fsp3) is 0.400. The Balaban J connectivity index is 1.45. The van der Waals surface area contributed by atoms with Crippen molar-refractivity contribution in [1.82, 2.24) is 0 Å². The second-order valence-electron chi connectivity index (χ2n) is 5.87. The standard InChI is InChI=1S/C20H24O4/c1-3-7-17(8-4-1)13-21-15-19(20-23-11-12-24-20)16-22-14-18-9-5-2-6-10-18/h1-10,19-20H,11-16H2. The molecule has 1 heterocycles. The summed E-state index contributed by atoms with van der Waals surface area (Å²) >= 11 is 0. The zero-order valence-electron chi connectivity index (χ0n) is 13.8. The Hall–Kier alpha value is -1.72. The Kier molecular flexibility index (Phi) is 6.81. The van der Waals surface area contributed by atoms with Crippen molar-refractivity contribution in [3.8, 4) is 0 Å². The number of benzene rings is 2. The van der Waals surface area contributed by atoms with Crippen molar-refractivity contribution < 1.29 is 18.9 Å². The molecule has 0 saturated carbocycles. The smallest absolute Gasteiger partial charge is 0.165 e. The van der Waals surface area contributed by atoms with Gasteiger partial charge >= 0.3 is 0 Å². The molecule has 3 rings (SSSR count). The molecule has 4 nitrogen and oxygen atoms in total. The maximum absolute atomic E-state index is 5.86. The third kappa shape index (κ3) is 5.42. The molecule has 0 atom stereocenters. The maximum atomic E-state index is 5.86. The number of ether oxygens (including phenoxy) is 4. The van der Waals surface area contributed by atoms with Gasteiger partial charge in [-0.05, 0) is 11.1 Å². The molecule has 0 unspecified atom stereocenters. The third-order valence-electron chi connectivity index (χ3n) is 3.92. The van der Waals surface area contributed by atoms with Crippen LogP contribution in [0.1, 0.15) is 11.1 Å². The highest BCUT2D eigenvalue weighted by molar-refractivity contribution is 5.14. The van der Waals surface area contributed by atoms with Gasteiger partial charge in [0.05, 0.1) is 45.6 Å². The summed E-state index contributed by atoms with van der Waals surface area (Å²) in [5.41, 5.74) is 2.32. The number of hydrogen-bond acceptors (Lipinski definition) is 4. The fourth-order valence-electron chi connectivity index (χ4n) is 2.66. The largest absolute Gasteiger partial charge is 0.376 e. The van der Waals surface area contributed by atoms with Gasteiger partial charge in [-0.2, -0.15) is 0 Å². The van der Waals surface area contributed by atoms with Crippen LogP contribution in [0.3, 0.4) is 0 Å². The Morgan fingerprint density at radius 2 is 1.21 bits per heavy atom. The highest BCUT2D eigenvalue weighted by Gasteiger charge is 2.27. The molecule has 0 bridgehead atoms. The zero-order valence-corrected chi connectivity index (χ0v) is 13.8. The first kappa shape index (κ1) is 17.1. The molecule has 1 aliphatic heterocycles. The van der Waals surface area contributed by atoms with E-state index in [1.54, 1.807) is 0 Å². The van der Waals surface area contributed by atoms with Gasteiger partial charge in [0.25, 0.3) is 0 Å². The minimum absolute atomic E-state index is 0.0694. The van der Waals surface area contributed by atoms with E-state index in [-0.39, 0.29) is 12.2 Å². The molecule has 0 aliphatic carbocycles. The molecule has 2 aromatic rings. The van der Waals surface area contributed by atoms with Crippen LogP contribution in [-0.2, 0) is 32.2 Å². The molecule has 24 heavy (non-hydrogen) atoms. The van der Waals surface area contributed by atoms with Crippen LogP contribution in [0.2, 0.25) is 0 Å². The molecule has 1 fully saturated rings. The topological polar surface area (TPSA) is 36.9 Å². The molecule has 0 radical (unpaired) electrons. The monoisotopic (exact) mass is 328 g/mol. The van der Waals surface area contributed by atoms with E-state index in [2.05, 4.69) is 24.3 Å². The van der Waals surface area contributed by atoms with Crippen LogP contribution in [0.4, 0.5) is 0 Å². The average Bonchev–Trinajstić information content (AvgIpc) is 3.17. The molecular weight excluding hydrogens is 304 g/mol. The lowest BCUT2D eigenvalue weighted by molar-refractivity contribution is -0.127. The lowest BCUT2D eigenvalue weighted by Gasteiger charge is -2.22. The Morgan fingerprint density at radius 1 is 0.750 bits per heavy atom. The second kappa shape index (κ2) is 9.55. The molecule has 4 heteroatoms. The highest BCUT2D eigenvalue weighted by atomic mass is 16.7. The molecule has 0 aromatic heterocycles. The summed E-state index contributed by atoms with van der Waals surface area (Å²) < 4.78 is 23.0. The molecule has 0 spiro atoms. The predicted molar refractivity (Wildman–Crippen MR) is 91.4 cm³/mol. The molecule has 128 valence electrons. The summed E-state index contributed by atoms with van der Waals surface area (Å²) in [5.74, 6) is 0.0694. The van der Waals surface area contributed by atoms with Gasteiger partial charge in [-0.1, -0.05) is 60.7 Å². The molecule has 2 aromatic carbocycles. The van der Waals surface area contributed by atoms with Gasteiger partial charge in [-0.3, -0.25) is 0 Å². The molecule has 1 saturated heterocycles. The second-order valence-corrected chi connectivity index (χ2v) is 5.87. The number of rotatable bonds is 9. The lowest BCUT2D eigenvalue weighted by Crippen LogP contribution is -2.30. The number of hydrogen-bond donors (Lipinski definition) is 0. The fourth-order valence-corrected chi connectivity index (χ4v) is 2.66. The Morgan fingerprint density at radius 3 is 1.67 bits per heavy atom. The highest BCUT2D eigenvalue weighted by Crippen LogP contribution is 2.17. The quantitative estimate of drug-likeness (QED) is 0.707. The Labute approximate surface area is 143 Å². The van der Waals surface area contributed by atoms with Gasteiger partial charge in [0.1, 0.15) is 0 Å². The van der Waals surface area contributed by atoms with Gasteiger partial charge < -0.3 is 18.9 Å². The van der Waals surface area contributed by atoms with Gasteiger partial charge in [0.15, 0.2) is 6.29 Å². The normalized spacial score (nSPS) is 15.2.